The lowest BCUT2D eigenvalue weighted by Gasteiger charge is -2.28. The second kappa shape index (κ2) is 10.1. The number of para-hydroxylation sites is 2. The maximum absolute atomic E-state index is 13.5. The fraction of sp³-hybridized carbons (Fsp3) is 0.360. The van der Waals surface area contributed by atoms with Gasteiger partial charge in [-0.3, -0.25) is 14.2 Å². The van der Waals surface area contributed by atoms with Crippen molar-refractivity contribution in [3.8, 4) is 5.69 Å². The van der Waals surface area contributed by atoms with Crippen LogP contribution in [0.5, 0.6) is 0 Å². The number of amides is 2. The summed E-state index contributed by atoms with van der Waals surface area (Å²) < 4.78 is 7.52. The molecule has 0 unspecified atom stereocenters. The summed E-state index contributed by atoms with van der Waals surface area (Å²) in [6, 6.07) is 15.3. The van der Waals surface area contributed by atoms with Crippen LogP contribution < -0.4 is 15.1 Å². The van der Waals surface area contributed by atoms with Gasteiger partial charge in [0, 0.05) is 25.6 Å². The summed E-state index contributed by atoms with van der Waals surface area (Å²) in [6.45, 7) is 6.69. The van der Waals surface area contributed by atoms with E-state index in [0.29, 0.717) is 29.7 Å². The van der Waals surface area contributed by atoms with Crippen molar-refractivity contribution < 1.29 is 14.3 Å². The van der Waals surface area contributed by atoms with Crippen molar-refractivity contribution >= 4 is 40.9 Å². The molecule has 0 aliphatic carbocycles. The number of nitrogens with zero attached hydrogens (tertiary/aromatic N) is 5. The summed E-state index contributed by atoms with van der Waals surface area (Å²) in [5.41, 5.74) is 3.47. The van der Waals surface area contributed by atoms with Gasteiger partial charge in [0.05, 0.1) is 36.0 Å². The largest absolute Gasteiger partial charge is 0.378 e. The topological polar surface area (TPSA) is 92.6 Å². The summed E-state index contributed by atoms with van der Waals surface area (Å²) in [6.07, 6.45) is 0.242. The van der Waals surface area contributed by atoms with Gasteiger partial charge in [-0.1, -0.05) is 41.6 Å². The zero-order chi connectivity index (χ0) is 24.4. The van der Waals surface area contributed by atoms with E-state index in [4.69, 9.17) is 4.74 Å². The lowest BCUT2D eigenvalue weighted by atomic mass is 10.2. The lowest BCUT2D eigenvalue weighted by Crippen LogP contribution is -2.40. The first-order valence-electron chi connectivity index (χ1n) is 11.7. The fourth-order valence-electron chi connectivity index (χ4n) is 4.41. The number of aromatic nitrogens is 3. The average molecular weight is 493 g/mol. The number of hydrogen-bond acceptors (Lipinski definition) is 7. The van der Waals surface area contributed by atoms with Crippen LogP contribution in [0, 0.1) is 6.92 Å². The lowest BCUT2D eigenvalue weighted by molar-refractivity contribution is -0.117. The zero-order valence-electron chi connectivity index (χ0n) is 19.8. The molecule has 3 heterocycles. The van der Waals surface area contributed by atoms with Gasteiger partial charge >= 0.3 is 0 Å². The van der Waals surface area contributed by atoms with E-state index in [2.05, 4.69) is 32.5 Å². The molecule has 0 bridgehead atoms. The van der Waals surface area contributed by atoms with Gasteiger partial charge in [-0.15, -0.1) is 10.2 Å². The van der Waals surface area contributed by atoms with Crippen LogP contribution >= 0.6 is 11.8 Å². The molecule has 3 aromatic rings. The highest BCUT2D eigenvalue weighted by atomic mass is 32.2. The fourth-order valence-corrected chi connectivity index (χ4v) is 5.21. The standard InChI is InChI=1S/C25H28N6O3S/c1-17-7-9-19(10-8-17)31-24(29-11-13-34-14-12-29)27-28-25(31)35-16-23(33)30-18(2)15-22(32)26-20-5-3-4-6-21(20)30/h3-10,18H,11-16H2,1-2H3,(H,26,32)/t18-/m1/s1. The summed E-state index contributed by atoms with van der Waals surface area (Å²) >= 11 is 1.35. The van der Waals surface area contributed by atoms with Crippen molar-refractivity contribution in [1.29, 1.82) is 0 Å². The number of anilines is 3. The number of carbonyl (C=O) groups is 2. The van der Waals surface area contributed by atoms with E-state index >= 15 is 0 Å². The van der Waals surface area contributed by atoms with Gasteiger partial charge < -0.3 is 19.9 Å². The number of nitrogens with one attached hydrogen (secondary N) is 1. The summed E-state index contributed by atoms with van der Waals surface area (Å²) in [7, 11) is 0. The number of benzene rings is 2. The first-order chi connectivity index (χ1) is 17.0. The van der Waals surface area contributed by atoms with Gasteiger partial charge in [0.25, 0.3) is 0 Å². The van der Waals surface area contributed by atoms with Gasteiger partial charge in [0.15, 0.2) is 5.16 Å². The van der Waals surface area contributed by atoms with Crippen LogP contribution in [0.2, 0.25) is 0 Å². The number of ether oxygens (including phenoxy) is 1. The van der Waals surface area contributed by atoms with Crippen molar-refractivity contribution in [2.75, 3.05) is 47.2 Å². The Balaban J connectivity index is 1.42. The predicted molar refractivity (Wildman–Crippen MR) is 136 cm³/mol. The van der Waals surface area contributed by atoms with E-state index in [1.54, 1.807) is 4.90 Å². The third-order valence-electron chi connectivity index (χ3n) is 6.16. The highest BCUT2D eigenvalue weighted by Gasteiger charge is 2.30. The summed E-state index contributed by atoms with van der Waals surface area (Å²) in [5.74, 6) is 0.732. The van der Waals surface area contributed by atoms with Gasteiger partial charge in [-0.05, 0) is 38.1 Å². The monoisotopic (exact) mass is 492 g/mol. The number of thioether (sulfide) groups is 1. The molecule has 35 heavy (non-hydrogen) atoms. The molecule has 10 heteroatoms. The van der Waals surface area contributed by atoms with Crippen molar-refractivity contribution in [3.63, 3.8) is 0 Å². The quantitative estimate of drug-likeness (QED) is 0.547. The highest BCUT2D eigenvalue weighted by molar-refractivity contribution is 7.99. The second-order valence-electron chi connectivity index (χ2n) is 8.72. The molecule has 1 saturated heterocycles. The van der Waals surface area contributed by atoms with E-state index in [1.807, 2.05) is 54.8 Å². The molecule has 182 valence electrons. The molecular formula is C25H28N6O3S. The van der Waals surface area contributed by atoms with Crippen molar-refractivity contribution in [3.05, 3.63) is 54.1 Å². The molecule has 1 aromatic heterocycles. The van der Waals surface area contributed by atoms with E-state index in [-0.39, 0.29) is 30.0 Å². The normalized spacial score (nSPS) is 18.1. The Morgan fingerprint density at radius 2 is 1.86 bits per heavy atom. The first-order valence-corrected chi connectivity index (χ1v) is 12.7. The van der Waals surface area contributed by atoms with Crippen LogP contribution in [0.1, 0.15) is 18.9 Å². The molecule has 0 radical (unpaired) electrons. The molecule has 0 spiro atoms. The number of carbonyl (C=O) groups excluding carboxylic acids is 2. The van der Waals surface area contributed by atoms with E-state index < -0.39 is 0 Å². The summed E-state index contributed by atoms with van der Waals surface area (Å²) in [4.78, 5) is 29.7. The van der Waals surface area contributed by atoms with E-state index in [0.717, 1.165) is 30.3 Å². The number of aryl methyl sites for hydroxylation is 1. The van der Waals surface area contributed by atoms with Gasteiger partial charge in [-0.25, -0.2) is 0 Å². The number of rotatable bonds is 5. The second-order valence-corrected chi connectivity index (χ2v) is 9.67. The Morgan fingerprint density at radius 3 is 2.63 bits per heavy atom. The third kappa shape index (κ3) is 4.89. The Kier molecular flexibility index (Phi) is 6.74. The van der Waals surface area contributed by atoms with Crippen molar-refractivity contribution in [2.45, 2.75) is 31.5 Å². The minimum absolute atomic E-state index is 0.0853. The maximum Gasteiger partial charge on any atom is 0.237 e. The van der Waals surface area contributed by atoms with Gasteiger partial charge in [0.2, 0.25) is 17.8 Å². The predicted octanol–water partition coefficient (Wildman–Crippen LogP) is 3.27. The van der Waals surface area contributed by atoms with E-state index in [9.17, 15) is 9.59 Å². The molecule has 0 saturated carbocycles. The molecule has 9 nitrogen and oxygen atoms in total. The van der Waals surface area contributed by atoms with Crippen LogP contribution in [0.25, 0.3) is 5.69 Å². The number of morpholine rings is 1. The summed E-state index contributed by atoms with van der Waals surface area (Å²) in [5, 5.41) is 12.5. The zero-order valence-corrected chi connectivity index (χ0v) is 20.6. The molecule has 5 rings (SSSR count). The SMILES string of the molecule is Cc1ccc(-n2c(SCC(=O)N3c4ccccc4NC(=O)C[C@H]3C)nnc2N2CCOCC2)cc1. The van der Waals surface area contributed by atoms with Gasteiger partial charge in [-0.2, -0.15) is 0 Å². The Labute approximate surface area is 208 Å². The molecule has 2 aliphatic heterocycles. The minimum Gasteiger partial charge on any atom is -0.378 e. The van der Waals surface area contributed by atoms with E-state index in [1.165, 1.54) is 11.8 Å². The van der Waals surface area contributed by atoms with Gasteiger partial charge in [0.1, 0.15) is 0 Å². The molecule has 1 fully saturated rings. The van der Waals surface area contributed by atoms with Crippen molar-refractivity contribution in [2.24, 2.45) is 0 Å². The molecular weight excluding hydrogens is 464 g/mol. The van der Waals surface area contributed by atoms with Crippen LogP contribution in [-0.4, -0.2) is 64.7 Å². The first kappa shape index (κ1) is 23.4. The van der Waals surface area contributed by atoms with Crippen LogP contribution in [0.4, 0.5) is 17.3 Å². The smallest absolute Gasteiger partial charge is 0.237 e. The Bertz CT molecular complexity index is 1220. The average Bonchev–Trinajstić information content (AvgIpc) is 3.23. The third-order valence-corrected chi connectivity index (χ3v) is 7.07. The Hall–Kier alpha value is -3.37. The van der Waals surface area contributed by atoms with Crippen LogP contribution in [0.3, 0.4) is 0 Å². The van der Waals surface area contributed by atoms with Crippen LogP contribution in [0.15, 0.2) is 53.7 Å². The molecule has 1 N–H and O–H groups in total. The molecule has 2 aromatic carbocycles. The molecule has 2 aliphatic rings. The number of hydrogen-bond donors (Lipinski definition) is 1. The Morgan fingerprint density at radius 1 is 1.11 bits per heavy atom. The van der Waals surface area contributed by atoms with Crippen molar-refractivity contribution in [1.82, 2.24) is 14.8 Å². The minimum atomic E-state index is -0.259. The molecule has 2 amide bonds. The highest BCUT2D eigenvalue weighted by Crippen LogP contribution is 2.33. The molecule has 1 atom stereocenters. The number of fused-ring (bicyclic) bond motifs is 1. The van der Waals surface area contributed by atoms with Crippen LogP contribution in [-0.2, 0) is 14.3 Å². The maximum atomic E-state index is 13.5.